The Bertz CT molecular complexity index is 405. The standard InChI is InChI=1S/C13H18FNO3/c1-3-15(4-2)8-9-18-11-7-5-6-10(14)12(11)13(16)17/h5-7H,3-4,8-9H2,1-2H3,(H,16,17). The quantitative estimate of drug-likeness (QED) is 0.811. The van der Waals surface area contributed by atoms with Crippen LogP contribution in [0.15, 0.2) is 18.2 Å². The van der Waals surface area contributed by atoms with Gasteiger partial charge < -0.3 is 14.7 Å². The van der Waals surface area contributed by atoms with E-state index in [1.165, 1.54) is 12.1 Å². The molecular weight excluding hydrogens is 237 g/mol. The summed E-state index contributed by atoms with van der Waals surface area (Å²) in [6.45, 7) is 6.89. The van der Waals surface area contributed by atoms with Gasteiger partial charge in [0.15, 0.2) is 0 Å². The number of rotatable bonds is 7. The topological polar surface area (TPSA) is 49.8 Å². The van der Waals surface area contributed by atoms with Crippen LogP contribution in [0.1, 0.15) is 24.2 Å². The lowest BCUT2D eigenvalue weighted by Gasteiger charge is -2.18. The third-order valence-corrected chi connectivity index (χ3v) is 2.75. The largest absolute Gasteiger partial charge is 0.491 e. The lowest BCUT2D eigenvalue weighted by molar-refractivity contribution is 0.0686. The van der Waals surface area contributed by atoms with Crippen molar-refractivity contribution in [2.45, 2.75) is 13.8 Å². The highest BCUT2D eigenvalue weighted by Gasteiger charge is 2.16. The maximum absolute atomic E-state index is 13.3. The van der Waals surface area contributed by atoms with Crippen LogP contribution >= 0.6 is 0 Å². The summed E-state index contributed by atoms with van der Waals surface area (Å²) in [5.74, 6) is -2.01. The SMILES string of the molecule is CCN(CC)CCOc1cccc(F)c1C(=O)O. The molecule has 100 valence electrons. The Morgan fingerprint density at radius 3 is 2.61 bits per heavy atom. The molecule has 0 aliphatic heterocycles. The van der Waals surface area contributed by atoms with Crippen LogP contribution in [0.3, 0.4) is 0 Å². The third kappa shape index (κ3) is 3.70. The fraction of sp³-hybridized carbons (Fsp3) is 0.462. The van der Waals surface area contributed by atoms with Gasteiger partial charge in [0.1, 0.15) is 23.7 Å². The van der Waals surface area contributed by atoms with Crippen molar-refractivity contribution in [3.63, 3.8) is 0 Å². The molecule has 0 radical (unpaired) electrons. The number of nitrogens with zero attached hydrogens (tertiary/aromatic N) is 1. The number of hydrogen-bond donors (Lipinski definition) is 1. The summed E-state index contributed by atoms with van der Waals surface area (Å²) in [6, 6.07) is 4.02. The number of aromatic carboxylic acids is 1. The molecule has 4 nitrogen and oxygen atoms in total. The van der Waals surface area contributed by atoms with Crippen LogP contribution in [0.4, 0.5) is 4.39 Å². The van der Waals surface area contributed by atoms with Crippen molar-refractivity contribution < 1.29 is 19.0 Å². The molecule has 1 rings (SSSR count). The number of benzene rings is 1. The van der Waals surface area contributed by atoms with Crippen molar-refractivity contribution in [2.24, 2.45) is 0 Å². The summed E-state index contributed by atoms with van der Waals surface area (Å²) in [4.78, 5) is 13.1. The average Bonchev–Trinajstić information content (AvgIpc) is 2.34. The van der Waals surface area contributed by atoms with Crippen LogP contribution in [0.5, 0.6) is 5.75 Å². The van der Waals surface area contributed by atoms with Crippen LogP contribution in [0.2, 0.25) is 0 Å². The summed E-state index contributed by atoms with van der Waals surface area (Å²) in [5, 5.41) is 8.92. The lowest BCUT2D eigenvalue weighted by Crippen LogP contribution is -2.28. The van der Waals surface area contributed by atoms with E-state index in [-0.39, 0.29) is 5.75 Å². The Morgan fingerprint density at radius 2 is 2.06 bits per heavy atom. The maximum Gasteiger partial charge on any atom is 0.342 e. The molecule has 0 heterocycles. The molecule has 0 aromatic heterocycles. The molecule has 0 aliphatic rings. The summed E-state index contributed by atoms with van der Waals surface area (Å²) < 4.78 is 18.7. The first-order valence-electron chi connectivity index (χ1n) is 5.97. The van der Waals surface area contributed by atoms with Crippen molar-refractivity contribution in [1.29, 1.82) is 0 Å². The molecule has 0 saturated heterocycles. The van der Waals surface area contributed by atoms with E-state index in [1.54, 1.807) is 0 Å². The molecule has 1 N–H and O–H groups in total. The minimum absolute atomic E-state index is 0.0784. The Kier molecular flexibility index (Phi) is 5.58. The smallest absolute Gasteiger partial charge is 0.342 e. The van der Waals surface area contributed by atoms with Crippen LogP contribution in [-0.2, 0) is 0 Å². The van der Waals surface area contributed by atoms with Gasteiger partial charge in [-0.1, -0.05) is 19.9 Å². The van der Waals surface area contributed by atoms with Crippen LogP contribution in [0, 0.1) is 5.82 Å². The highest BCUT2D eigenvalue weighted by Crippen LogP contribution is 2.21. The molecule has 1 aromatic carbocycles. The molecule has 5 heteroatoms. The van der Waals surface area contributed by atoms with Gasteiger partial charge in [-0.3, -0.25) is 0 Å². The van der Waals surface area contributed by atoms with Gasteiger partial charge >= 0.3 is 5.97 Å². The molecule has 0 atom stereocenters. The Morgan fingerprint density at radius 1 is 1.39 bits per heavy atom. The zero-order valence-electron chi connectivity index (χ0n) is 10.6. The first kappa shape index (κ1) is 14.4. The first-order valence-corrected chi connectivity index (χ1v) is 5.97. The number of carbonyl (C=O) groups is 1. The number of likely N-dealkylation sites (N-methyl/N-ethyl adjacent to an activating group) is 1. The highest BCUT2D eigenvalue weighted by atomic mass is 19.1. The van der Waals surface area contributed by atoms with Crippen molar-refractivity contribution in [3.8, 4) is 5.75 Å². The predicted molar refractivity (Wildman–Crippen MR) is 66.6 cm³/mol. The van der Waals surface area contributed by atoms with Gasteiger partial charge in [-0.05, 0) is 25.2 Å². The van der Waals surface area contributed by atoms with Gasteiger partial charge in [-0.2, -0.15) is 0 Å². The minimum Gasteiger partial charge on any atom is -0.491 e. The lowest BCUT2D eigenvalue weighted by atomic mass is 10.2. The molecule has 0 aliphatic carbocycles. The molecule has 1 aromatic rings. The van der Waals surface area contributed by atoms with E-state index in [4.69, 9.17) is 9.84 Å². The summed E-state index contributed by atoms with van der Waals surface area (Å²) >= 11 is 0. The molecule has 0 amide bonds. The number of carboxylic acids is 1. The summed E-state index contributed by atoms with van der Waals surface area (Å²) in [6.07, 6.45) is 0. The Labute approximate surface area is 106 Å². The second-order valence-corrected chi connectivity index (χ2v) is 3.79. The van der Waals surface area contributed by atoms with Gasteiger partial charge in [0.2, 0.25) is 0 Å². The van der Waals surface area contributed by atoms with Gasteiger partial charge in [0.25, 0.3) is 0 Å². The predicted octanol–water partition coefficient (Wildman–Crippen LogP) is 2.24. The molecule has 0 bridgehead atoms. The minimum atomic E-state index is -1.31. The van der Waals surface area contributed by atoms with Gasteiger partial charge in [-0.15, -0.1) is 0 Å². The second-order valence-electron chi connectivity index (χ2n) is 3.79. The molecule has 0 saturated carbocycles. The normalized spacial score (nSPS) is 10.7. The molecular formula is C13H18FNO3. The van der Waals surface area contributed by atoms with E-state index < -0.39 is 17.3 Å². The third-order valence-electron chi connectivity index (χ3n) is 2.75. The molecule has 18 heavy (non-hydrogen) atoms. The van der Waals surface area contributed by atoms with Crippen molar-refractivity contribution >= 4 is 5.97 Å². The van der Waals surface area contributed by atoms with E-state index in [1.807, 2.05) is 13.8 Å². The summed E-state index contributed by atoms with van der Waals surface area (Å²) in [7, 11) is 0. The van der Waals surface area contributed by atoms with Crippen molar-refractivity contribution in [3.05, 3.63) is 29.6 Å². The van der Waals surface area contributed by atoms with Crippen molar-refractivity contribution in [2.75, 3.05) is 26.2 Å². The maximum atomic E-state index is 13.3. The Hall–Kier alpha value is -1.62. The molecule has 0 fully saturated rings. The second kappa shape index (κ2) is 6.96. The zero-order valence-corrected chi connectivity index (χ0v) is 10.6. The fourth-order valence-corrected chi connectivity index (χ4v) is 1.66. The van der Waals surface area contributed by atoms with E-state index in [2.05, 4.69) is 4.90 Å². The fourth-order valence-electron chi connectivity index (χ4n) is 1.66. The first-order chi connectivity index (χ1) is 8.60. The van der Waals surface area contributed by atoms with E-state index in [9.17, 15) is 9.18 Å². The van der Waals surface area contributed by atoms with E-state index >= 15 is 0 Å². The van der Waals surface area contributed by atoms with E-state index in [0.29, 0.717) is 13.2 Å². The average molecular weight is 255 g/mol. The van der Waals surface area contributed by atoms with Crippen LogP contribution in [-0.4, -0.2) is 42.2 Å². The molecule has 0 spiro atoms. The number of ether oxygens (including phenoxy) is 1. The highest BCUT2D eigenvalue weighted by molar-refractivity contribution is 5.91. The van der Waals surface area contributed by atoms with Crippen molar-refractivity contribution in [1.82, 2.24) is 4.90 Å². The monoisotopic (exact) mass is 255 g/mol. The Balaban J connectivity index is 2.67. The number of halogens is 1. The van der Waals surface area contributed by atoms with Crippen LogP contribution < -0.4 is 4.74 Å². The van der Waals surface area contributed by atoms with Crippen LogP contribution in [0.25, 0.3) is 0 Å². The van der Waals surface area contributed by atoms with Gasteiger partial charge in [0, 0.05) is 6.54 Å². The summed E-state index contributed by atoms with van der Waals surface area (Å²) in [5.41, 5.74) is -0.406. The number of carboxylic acid groups (broad SMARTS) is 1. The molecule has 0 unspecified atom stereocenters. The van der Waals surface area contributed by atoms with E-state index in [0.717, 1.165) is 19.2 Å². The number of hydrogen-bond acceptors (Lipinski definition) is 3. The van der Waals surface area contributed by atoms with Gasteiger partial charge in [-0.25, -0.2) is 9.18 Å². The van der Waals surface area contributed by atoms with Gasteiger partial charge in [0.05, 0.1) is 0 Å². The zero-order chi connectivity index (χ0) is 13.5.